The summed E-state index contributed by atoms with van der Waals surface area (Å²) in [6, 6.07) is 12.4. The first-order chi connectivity index (χ1) is 14.3. The second-order valence-corrected chi connectivity index (χ2v) is 7.28. The highest BCUT2D eigenvalue weighted by Gasteiger charge is 2.19. The molecular formula is C22H21ClN4O3. The number of carbonyl (C=O) groups excluding carboxylic acids is 2. The normalized spacial score (nSPS) is 10.5. The van der Waals surface area contributed by atoms with Crippen LogP contribution in [0.3, 0.4) is 0 Å². The topological polar surface area (TPSA) is 93.1 Å². The van der Waals surface area contributed by atoms with Crippen molar-refractivity contribution in [2.45, 2.75) is 20.4 Å². The third-order valence-electron chi connectivity index (χ3n) is 4.59. The van der Waals surface area contributed by atoms with Gasteiger partial charge < -0.3 is 10.6 Å². The van der Waals surface area contributed by atoms with Crippen LogP contribution in [0.2, 0.25) is 5.02 Å². The van der Waals surface area contributed by atoms with Gasteiger partial charge in [-0.25, -0.2) is 4.98 Å². The molecule has 0 aliphatic heterocycles. The fraction of sp³-hybridized carbons (Fsp3) is 0.182. The average Bonchev–Trinajstić information content (AvgIpc) is 2.72. The van der Waals surface area contributed by atoms with Crippen LogP contribution in [0.4, 0.5) is 5.69 Å². The van der Waals surface area contributed by atoms with Crippen molar-refractivity contribution in [1.29, 1.82) is 0 Å². The number of carbonyl (C=O) groups is 2. The Bertz CT molecular complexity index is 1170. The summed E-state index contributed by atoms with van der Waals surface area (Å²) < 4.78 is 1.19. The lowest BCUT2D eigenvalue weighted by molar-refractivity contribution is -0.116. The third kappa shape index (κ3) is 4.58. The van der Waals surface area contributed by atoms with Crippen LogP contribution in [0, 0.1) is 13.8 Å². The van der Waals surface area contributed by atoms with E-state index in [9.17, 15) is 14.4 Å². The van der Waals surface area contributed by atoms with Crippen LogP contribution in [-0.4, -0.2) is 28.4 Å². The minimum atomic E-state index is -0.606. The Balaban J connectivity index is 2.02. The molecule has 30 heavy (non-hydrogen) atoms. The van der Waals surface area contributed by atoms with Gasteiger partial charge in [-0.15, -0.1) is 0 Å². The predicted molar refractivity (Wildman–Crippen MR) is 117 cm³/mol. The third-order valence-corrected chi connectivity index (χ3v) is 4.84. The highest BCUT2D eigenvalue weighted by molar-refractivity contribution is 6.30. The molecule has 8 heteroatoms. The van der Waals surface area contributed by atoms with Crippen LogP contribution in [-0.2, 0) is 11.3 Å². The number of nitrogens with zero attached hydrogens (tertiary/aromatic N) is 2. The molecule has 0 spiro atoms. The van der Waals surface area contributed by atoms with E-state index < -0.39 is 17.4 Å². The highest BCUT2D eigenvalue weighted by Crippen LogP contribution is 2.20. The summed E-state index contributed by atoms with van der Waals surface area (Å²) in [5.41, 5.74) is 2.41. The molecule has 3 rings (SSSR count). The maximum Gasteiger partial charge on any atom is 0.267 e. The molecule has 0 fully saturated rings. The first-order valence-electron chi connectivity index (χ1n) is 9.25. The van der Waals surface area contributed by atoms with Crippen molar-refractivity contribution >= 4 is 29.1 Å². The number of hydrogen-bond donors (Lipinski definition) is 2. The zero-order valence-electron chi connectivity index (χ0n) is 16.8. The monoisotopic (exact) mass is 424 g/mol. The molecule has 0 saturated heterocycles. The van der Waals surface area contributed by atoms with Crippen LogP contribution >= 0.6 is 11.6 Å². The van der Waals surface area contributed by atoms with Crippen molar-refractivity contribution < 1.29 is 9.59 Å². The molecular weight excluding hydrogens is 404 g/mol. The number of amides is 2. The Kier molecular flexibility index (Phi) is 6.32. The number of nitrogens with one attached hydrogen (secondary N) is 2. The van der Waals surface area contributed by atoms with Crippen molar-refractivity contribution in [1.82, 2.24) is 14.9 Å². The Morgan fingerprint density at radius 1 is 1.10 bits per heavy atom. The van der Waals surface area contributed by atoms with Crippen molar-refractivity contribution in [3.63, 3.8) is 0 Å². The molecule has 2 aromatic carbocycles. The highest BCUT2D eigenvalue weighted by atomic mass is 35.5. The summed E-state index contributed by atoms with van der Waals surface area (Å²) in [4.78, 5) is 42.1. The number of halogens is 1. The maximum atomic E-state index is 13.0. The van der Waals surface area contributed by atoms with Crippen LogP contribution in [0.25, 0.3) is 11.4 Å². The van der Waals surface area contributed by atoms with E-state index in [1.54, 1.807) is 24.3 Å². The fourth-order valence-corrected chi connectivity index (χ4v) is 3.09. The molecule has 0 radical (unpaired) electrons. The van der Waals surface area contributed by atoms with Crippen molar-refractivity contribution in [2.75, 3.05) is 12.4 Å². The summed E-state index contributed by atoms with van der Waals surface area (Å²) >= 11 is 5.95. The van der Waals surface area contributed by atoms with E-state index >= 15 is 0 Å². The van der Waals surface area contributed by atoms with Crippen LogP contribution in [0.1, 0.15) is 21.5 Å². The molecule has 0 saturated carbocycles. The van der Waals surface area contributed by atoms with Gasteiger partial charge in [-0.3, -0.25) is 19.0 Å². The molecule has 154 valence electrons. The average molecular weight is 425 g/mol. The largest absolute Gasteiger partial charge is 0.355 e. The summed E-state index contributed by atoms with van der Waals surface area (Å²) in [6.45, 7) is 3.51. The number of benzene rings is 2. The molecule has 2 amide bonds. The van der Waals surface area contributed by atoms with Crippen molar-refractivity contribution in [3.05, 3.63) is 80.7 Å². The van der Waals surface area contributed by atoms with Gasteiger partial charge in [0.25, 0.3) is 11.5 Å². The summed E-state index contributed by atoms with van der Waals surface area (Å²) in [5, 5.41) is 5.77. The lowest BCUT2D eigenvalue weighted by Gasteiger charge is -2.15. The van der Waals surface area contributed by atoms with E-state index in [-0.39, 0.29) is 17.9 Å². The Morgan fingerprint density at radius 3 is 2.47 bits per heavy atom. The minimum absolute atomic E-state index is 0.144. The van der Waals surface area contributed by atoms with E-state index in [1.165, 1.54) is 17.8 Å². The Labute approximate surface area is 178 Å². The van der Waals surface area contributed by atoms with Crippen LogP contribution < -0.4 is 16.2 Å². The summed E-state index contributed by atoms with van der Waals surface area (Å²) in [6.07, 6.45) is 1.21. The maximum absolute atomic E-state index is 13.0. The SMILES string of the molecule is CNC(=O)c1cnc(-c2ccc(Cl)cc2)n(CC(=O)Nc2cc(C)ccc2C)c1=O. The lowest BCUT2D eigenvalue weighted by atomic mass is 10.1. The fourth-order valence-electron chi connectivity index (χ4n) is 2.96. The molecule has 3 aromatic rings. The van der Waals surface area contributed by atoms with E-state index in [0.717, 1.165) is 11.1 Å². The molecule has 1 aromatic heterocycles. The van der Waals surface area contributed by atoms with Gasteiger partial charge in [0.2, 0.25) is 5.91 Å². The predicted octanol–water partition coefficient (Wildman–Crippen LogP) is 3.18. The second kappa shape index (κ2) is 8.92. The quantitative estimate of drug-likeness (QED) is 0.657. The molecule has 0 aliphatic rings. The molecule has 0 aliphatic carbocycles. The van der Waals surface area contributed by atoms with E-state index in [0.29, 0.717) is 16.3 Å². The summed E-state index contributed by atoms with van der Waals surface area (Å²) in [7, 11) is 1.42. The minimum Gasteiger partial charge on any atom is -0.355 e. The summed E-state index contributed by atoms with van der Waals surface area (Å²) in [5.74, 6) is -0.712. The van der Waals surface area contributed by atoms with Gasteiger partial charge in [-0.1, -0.05) is 23.7 Å². The first kappa shape index (κ1) is 21.3. The second-order valence-electron chi connectivity index (χ2n) is 6.84. The zero-order valence-corrected chi connectivity index (χ0v) is 17.6. The van der Waals surface area contributed by atoms with Gasteiger partial charge >= 0.3 is 0 Å². The number of anilines is 1. The number of aromatic nitrogens is 2. The molecule has 0 atom stereocenters. The van der Waals surface area contributed by atoms with Gasteiger partial charge in [0, 0.05) is 29.5 Å². The van der Waals surface area contributed by atoms with Gasteiger partial charge in [-0.2, -0.15) is 0 Å². The number of hydrogen-bond acceptors (Lipinski definition) is 4. The smallest absolute Gasteiger partial charge is 0.267 e. The molecule has 2 N–H and O–H groups in total. The van der Waals surface area contributed by atoms with E-state index in [1.807, 2.05) is 32.0 Å². The van der Waals surface area contributed by atoms with Crippen LogP contribution in [0.15, 0.2) is 53.5 Å². The number of rotatable bonds is 5. The lowest BCUT2D eigenvalue weighted by Crippen LogP contribution is -2.35. The standard InChI is InChI=1S/C22H21ClN4O3/c1-13-4-5-14(2)18(10-13)26-19(28)12-27-20(15-6-8-16(23)9-7-15)25-11-17(22(27)30)21(29)24-3/h4-11H,12H2,1-3H3,(H,24,29)(H,26,28). The van der Waals surface area contributed by atoms with Gasteiger partial charge in [0.05, 0.1) is 0 Å². The van der Waals surface area contributed by atoms with Crippen molar-refractivity contribution in [3.8, 4) is 11.4 Å². The number of aryl methyl sites for hydroxylation is 2. The van der Waals surface area contributed by atoms with Crippen molar-refractivity contribution in [2.24, 2.45) is 0 Å². The molecule has 0 bridgehead atoms. The first-order valence-corrected chi connectivity index (χ1v) is 9.63. The van der Waals surface area contributed by atoms with E-state index in [4.69, 9.17) is 11.6 Å². The van der Waals surface area contributed by atoms with E-state index in [2.05, 4.69) is 15.6 Å². The van der Waals surface area contributed by atoms with Crippen LogP contribution in [0.5, 0.6) is 0 Å². The molecule has 1 heterocycles. The van der Waals surface area contributed by atoms with Gasteiger partial charge in [0.15, 0.2) is 0 Å². The zero-order chi connectivity index (χ0) is 21.8. The molecule has 7 nitrogen and oxygen atoms in total. The van der Waals surface area contributed by atoms with Gasteiger partial charge in [-0.05, 0) is 55.3 Å². The van der Waals surface area contributed by atoms with Gasteiger partial charge in [0.1, 0.15) is 17.9 Å². The Morgan fingerprint density at radius 2 is 1.80 bits per heavy atom. The molecule has 0 unspecified atom stereocenters. The Hall–Kier alpha value is -3.45.